The van der Waals surface area contributed by atoms with Gasteiger partial charge in [-0.1, -0.05) is 323 Å². The first kappa shape index (κ1) is 131. The first-order valence-electron chi connectivity index (χ1n) is 55.9. The van der Waals surface area contributed by atoms with Crippen molar-refractivity contribution in [3.63, 3.8) is 0 Å². The van der Waals surface area contributed by atoms with Crippen molar-refractivity contribution in [2.45, 2.75) is 405 Å². The quantitative estimate of drug-likeness (QED) is 0.0228. The highest BCUT2D eigenvalue weighted by Crippen LogP contribution is 2.33. The second kappa shape index (κ2) is 78.4. The molecule has 2 aliphatic rings. The molecule has 15 heteroatoms. The molecule has 818 valence electrons. The molecule has 1 aliphatic carbocycles. The van der Waals surface area contributed by atoms with Gasteiger partial charge in [-0.25, -0.2) is 0 Å². The Morgan fingerprint density at radius 1 is 0.243 bits per heavy atom. The summed E-state index contributed by atoms with van der Waals surface area (Å²) in [5, 5.41) is 45.1. The van der Waals surface area contributed by atoms with E-state index in [1.54, 1.807) is 67.8 Å². The monoisotopic (exact) mass is 2030 g/mol. The fourth-order valence-electron chi connectivity index (χ4n) is 15.5. The van der Waals surface area contributed by atoms with Crippen molar-refractivity contribution in [3.05, 3.63) is 334 Å². The van der Waals surface area contributed by atoms with Crippen LogP contribution in [-0.4, -0.2) is 90.5 Å². The zero-order valence-corrected chi connectivity index (χ0v) is 96.3. The minimum Gasteiger partial charge on any atom is -0.508 e. The van der Waals surface area contributed by atoms with Crippen LogP contribution < -0.4 is 23.7 Å². The largest absolute Gasteiger partial charge is 0.508 e. The molecule has 11 aromatic rings. The summed E-state index contributed by atoms with van der Waals surface area (Å²) < 4.78 is 55.2. The zero-order valence-electron chi connectivity index (χ0n) is 96.3. The normalized spacial score (nSPS) is 15.2. The zero-order chi connectivity index (χ0) is 110. The van der Waals surface area contributed by atoms with Crippen LogP contribution in [-0.2, 0) is 23.7 Å². The molecule has 0 spiro atoms. The maximum absolute atomic E-state index is 9.01. The first-order valence-corrected chi connectivity index (χ1v) is 55.9. The summed E-state index contributed by atoms with van der Waals surface area (Å²) in [4.78, 5) is 0. The number of aromatic hydroxyl groups is 5. The average molecular weight is 2040 g/mol. The molecule has 1 saturated carbocycles. The van der Waals surface area contributed by atoms with E-state index in [0.29, 0.717) is 120 Å². The molecule has 15 atom stereocenters. The van der Waals surface area contributed by atoms with Crippen molar-refractivity contribution in [1.29, 1.82) is 0 Å². The molecule has 1 saturated heterocycles. The van der Waals surface area contributed by atoms with Crippen LogP contribution in [0.2, 0.25) is 0 Å². The van der Waals surface area contributed by atoms with Crippen LogP contribution in [0.3, 0.4) is 0 Å². The molecule has 5 N–H and O–H groups in total. The molecule has 0 amide bonds. The Morgan fingerprint density at radius 2 is 0.459 bits per heavy atom. The smallest absolute Gasteiger partial charge is 0.199 e. The molecule has 1 heterocycles. The Morgan fingerprint density at radius 3 is 0.682 bits per heavy atom. The SMILES string of the molecule is CCC(C)c1ccc(O)cc1.CCC(C)c1ccc(O)cc1.CCC(C)c1ccc(O)cc1.CCC(C)c1ccc(O)cc1.CCC(C)c1ccc(O)cc1.CCC(C)c1ccc(OC(C)OC2CCCCC2)cc1.CCC(C)c1ccc(OC2CCCCO2)cc1.CCC(C)c1ccc(OCOC)cc1.CCC(C)c1ccccc1.CCOC(C)Oc1ccc(C(C)CC)cc1.CCOC(C)Oc1ccc(C(C)CC)cc1. The van der Waals surface area contributed by atoms with E-state index in [2.05, 4.69) is 268 Å². The molecule has 148 heavy (non-hydrogen) atoms. The third-order valence-electron chi connectivity index (χ3n) is 28.1. The number of ether oxygens (including phenoxy) is 10. The van der Waals surface area contributed by atoms with Crippen molar-refractivity contribution < 1.29 is 72.9 Å². The van der Waals surface area contributed by atoms with Crippen molar-refractivity contribution in [2.75, 3.05) is 33.7 Å². The number of phenolic OH excluding ortho intramolecular Hbond substituents is 5. The fraction of sp³-hybridized carbons (Fsp3) is 0.504. The van der Waals surface area contributed by atoms with Crippen molar-refractivity contribution in [1.82, 2.24) is 0 Å². The third kappa shape index (κ3) is 55.7. The van der Waals surface area contributed by atoms with E-state index in [1.165, 1.54) is 119 Å². The molecule has 11 aromatic carbocycles. The van der Waals surface area contributed by atoms with Crippen molar-refractivity contribution >= 4 is 0 Å². The highest BCUT2D eigenvalue weighted by molar-refractivity contribution is 5.37. The second-order valence-electron chi connectivity index (χ2n) is 39.4. The van der Waals surface area contributed by atoms with Gasteiger partial charge in [0.15, 0.2) is 32.0 Å². The molecule has 0 radical (unpaired) electrons. The lowest BCUT2D eigenvalue weighted by Crippen LogP contribution is -2.26. The summed E-state index contributed by atoms with van der Waals surface area (Å²) in [6, 6.07) is 89.4. The number of benzene rings is 11. The van der Waals surface area contributed by atoms with Crippen LogP contribution in [0.5, 0.6) is 57.5 Å². The number of rotatable bonds is 39. The lowest BCUT2D eigenvalue weighted by molar-refractivity contribution is -0.116. The van der Waals surface area contributed by atoms with Crippen LogP contribution in [0.4, 0.5) is 0 Å². The van der Waals surface area contributed by atoms with E-state index in [1.807, 2.05) is 132 Å². The van der Waals surface area contributed by atoms with Crippen molar-refractivity contribution in [3.8, 4) is 57.5 Å². The van der Waals surface area contributed by atoms with Gasteiger partial charge in [0.2, 0.25) is 0 Å². The van der Waals surface area contributed by atoms with Gasteiger partial charge in [0.05, 0.1) is 12.7 Å². The van der Waals surface area contributed by atoms with E-state index in [0.717, 1.165) is 99.6 Å². The topological polar surface area (TPSA) is 193 Å². The predicted octanol–water partition coefficient (Wildman–Crippen LogP) is 38.2. The number of hydrogen-bond donors (Lipinski definition) is 5. The molecular weight excluding hydrogens is 1840 g/mol. The first-order chi connectivity index (χ1) is 71.1. The lowest BCUT2D eigenvalue weighted by Gasteiger charge is -2.26. The highest BCUT2D eigenvalue weighted by Gasteiger charge is 2.20. The summed E-state index contributed by atoms with van der Waals surface area (Å²) in [6.07, 6.45) is 22.3. The minimum absolute atomic E-state index is 0.0433. The molecule has 0 bridgehead atoms. The molecule has 13 rings (SSSR count). The molecule has 0 aromatic heterocycles. The Balaban J connectivity index is 0.000000421. The number of phenols is 5. The van der Waals surface area contributed by atoms with Gasteiger partial charge in [-0.3, -0.25) is 0 Å². The Kier molecular flexibility index (Phi) is 69.6. The van der Waals surface area contributed by atoms with Crippen LogP contribution in [0.15, 0.2) is 273 Å². The third-order valence-corrected chi connectivity index (χ3v) is 28.1. The van der Waals surface area contributed by atoms with Crippen molar-refractivity contribution in [2.24, 2.45) is 0 Å². The van der Waals surface area contributed by atoms with Gasteiger partial charge >= 0.3 is 0 Å². The molecule has 2 fully saturated rings. The fourth-order valence-corrected chi connectivity index (χ4v) is 15.5. The van der Waals surface area contributed by atoms with Gasteiger partial charge in [0.1, 0.15) is 57.5 Å². The Hall–Kier alpha value is -10.8. The molecule has 1 aliphatic heterocycles. The van der Waals surface area contributed by atoms with E-state index in [9.17, 15) is 0 Å². The summed E-state index contributed by atoms with van der Waals surface area (Å²) in [6.45, 7) is 60.7. The van der Waals surface area contributed by atoms with Gasteiger partial charge in [-0.05, 0) is 379 Å². The van der Waals surface area contributed by atoms with Crippen LogP contribution >= 0.6 is 0 Å². The summed E-state index contributed by atoms with van der Waals surface area (Å²) in [7, 11) is 1.62. The Bertz CT molecular complexity index is 4610. The standard InChI is InChI=1S/C18H28O2.C15H22O2.2C14H22O2.C12H18O2.5C10H14O.C10H14/c1-4-14(2)16-10-12-18(13-11-16)20-15(3)19-17-8-6-5-7-9-17;1-3-12(2)13-7-9-14(10-8-13)17-15-6-4-5-11-16-15;2*1-5-11(3)13-7-9-14(10-8-13)16-12(4)15-6-2;1-4-10(2)11-5-7-12(8-6-11)14-9-13-3;5*1-3-8(2)9-4-6-10(11)7-5-9;1-3-9(2)10-7-5-4-6-8-10/h10-15,17H,4-9H2,1-3H3;7-10,12,15H,3-6,11H2,1-2H3;2*7-12H,5-6H2,1-4H3;5-8,10H,4,9H2,1-3H3;5*4-8,11H,3H2,1-2H3;4-9H,3H2,1-2H3. The van der Waals surface area contributed by atoms with Gasteiger partial charge in [0, 0.05) is 26.7 Å². The molecule has 15 nitrogen and oxygen atoms in total. The summed E-state index contributed by atoms with van der Waals surface area (Å²) in [5.74, 6) is 12.9. The van der Waals surface area contributed by atoms with Gasteiger partial charge in [0.25, 0.3) is 0 Å². The number of methoxy groups -OCH3 is 1. The second-order valence-corrected chi connectivity index (χ2v) is 39.4. The maximum atomic E-state index is 9.01. The summed E-state index contributed by atoms with van der Waals surface area (Å²) >= 11 is 0. The minimum atomic E-state index is -0.181. The van der Waals surface area contributed by atoms with E-state index in [-0.39, 0.29) is 25.2 Å². The van der Waals surface area contributed by atoms with E-state index < -0.39 is 0 Å². The van der Waals surface area contributed by atoms with Crippen LogP contribution in [0.1, 0.15) is 435 Å². The summed E-state index contributed by atoms with van der Waals surface area (Å²) in [5.41, 5.74) is 14.8. The van der Waals surface area contributed by atoms with Gasteiger partial charge < -0.3 is 72.9 Å². The van der Waals surface area contributed by atoms with Gasteiger partial charge in [-0.15, -0.1) is 0 Å². The molecular formula is C133H196O15. The predicted molar refractivity (Wildman–Crippen MR) is 623 cm³/mol. The average Bonchev–Trinajstić information content (AvgIpc) is 0.857. The van der Waals surface area contributed by atoms with Gasteiger partial charge in [-0.2, -0.15) is 0 Å². The maximum Gasteiger partial charge on any atom is 0.199 e. The Labute approximate surface area is 898 Å². The van der Waals surface area contributed by atoms with Crippen LogP contribution in [0, 0.1) is 0 Å². The number of hydrogen-bond acceptors (Lipinski definition) is 15. The van der Waals surface area contributed by atoms with Crippen LogP contribution in [0.25, 0.3) is 0 Å². The lowest BCUT2D eigenvalue weighted by atomic mass is 9.98. The van der Waals surface area contributed by atoms with E-state index in [4.69, 9.17) is 72.9 Å². The molecule has 15 unspecified atom stereocenters. The highest BCUT2D eigenvalue weighted by atomic mass is 16.7. The van der Waals surface area contributed by atoms with E-state index >= 15 is 0 Å².